The summed E-state index contributed by atoms with van der Waals surface area (Å²) in [5.41, 5.74) is 7.98. The Kier molecular flexibility index (Phi) is 5.42. The predicted octanol–water partition coefficient (Wildman–Crippen LogP) is 3.74. The fourth-order valence-electron chi connectivity index (χ4n) is 2.58. The molecule has 0 aromatic heterocycles. The van der Waals surface area contributed by atoms with Crippen LogP contribution in [0, 0.1) is 0 Å². The summed E-state index contributed by atoms with van der Waals surface area (Å²) in [6.45, 7) is 0. The van der Waals surface area contributed by atoms with Gasteiger partial charge in [0.15, 0.2) is 0 Å². The van der Waals surface area contributed by atoms with Crippen molar-refractivity contribution >= 4 is 46.4 Å². The summed E-state index contributed by atoms with van der Waals surface area (Å²) >= 11 is 8.87. The van der Waals surface area contributed by atoms with Crippen LogP contribution in [0.15, 0.2) is 23.1 Å². The van der Waals surface area contributed by atoms with Gasteiger partial charge in [-0.25, -0.2) is 0 Å². The molecule has 19 heavy (non-hydrogen) atoms. The first-order valence-corrected chi connectivity index (χ1v) is 9.34. The van der Waals surface area contributed by atoms with Crippen LogP contribution in [0.3, 0.4) is 0 Å². The van der Waals surface area contributed by atoms with Gasteiger partial charge in [0.2, 0.25) is 0 Å². The molecule has 0 spiro atoms. The molecule has 2 nitrogen and oxygen atoms in total. The van der Waals surface area contributed by atoms with E-state index >= 15 is 0 Å². The van der Waals surface area contributed by atoms with Crippen molar-refractivity contribution in [1.29, 1.82) is 0 Å². The van der Waals surface area contributed by atoms with E-state index < -0.39 is 0 Å². The molecule has 2 unspecified atom stereocenters. The number of hydrogen-bond donors (Lipinski definition) is 2. The van der Waals surface area contributed by atoms with Gasteiger partial charge >= 0.3 is 0 Å². The number of benzene rings is 1. The monoisotopic (exact) mass is 312 g/mol. The van der Waals surface area contributed by atoms with E-state index in [0.717, 1.165) is 21.4 Å². The predicted molar refractivity (Wildman–Crippen MR) is 92.7 cm³/mol. The maximum atomic E-state index is 5.89. The van der Waals surface area contributed by atoms with Crippen LogP contribution >= 0.6 is 35.7 Å². The minimum absolute atomic E-state index is 0.479. The van der Waals surface area contributed by atoms with Crippen LogP contribution in [-0.4, -0.2) is 28.8 Å². The van der Waals surface area contributed by atoms with Gasteiger partial charge in [0.1, 0.15) is 4.99 Å². The average Bonchev–Trinajstić information content (AvgIpc) is 2.85. The van der Waals surface area contributed by atoms with Gasteiger partial charge in [-0.05, 0) is 43.9 Å². The fraction of sp³-hybridized carbons (Fsp3) is 0.500. The van der Waals surface area contributed by atoms with E-state index in [0.29, 0.717) is 11.0 Å². The topological polar surface area (TPSA) is 38.0 Å². The second kappa shape index (κ2) is 6.86. The summed E-state index contributed by atoms with van der Waals surface area (Å²) < 4.78 is 0. The second-order valence-electron chi connectivity index (χ2n) is 4.76. The Labute approximate surface area is 129 Å². The van der Waals surface area contributed by atoms with E-state index in [4.69, 9.17) is 18.0 Å². The molecule has 0 aliphatic heterocycles. The molecule has 2 rings (SSSR count). The normalized spacial score (nSPS) is 22.4. The summed E-state index contributed by atoms with van der Waals surface area (Å²) in [5.74, 6) is 0. The summed E-state index contributed by atoms with van der Waals surface area (Å²) in [4.78, 5) is 1.63. The molecule has 0 bridgehead atoms. The summed E-state index contributed by atoms with van der Waals surface area (Å²) in [7, 11) is 0. The van der Waals surface area contributed by atoms with Crippen molar-refractivity contribution < 1.29 is 0 Å². The largest absolute Gasteiger partial charge is 0.389 e. The molecule has 0 saturated heterocycles. The van der Waals surface area contributed by atoms with Crippen molar-refractivity contribution in [2.75, 3.05) is 17.8 Å². The van der Waals surface area contributed by atoms with Gasteiger partial charge in [0, 0.05) is 27.4 Å². The first-order chi connectivity index (χ1) is 9.15. The van der Waals surface area contributed by atoms with Gasteiger partial charge in [-0.3, -0.25) is 0 Å². The summed E-state index contributed by atoms with van der Waals surface area (Å²) in [5, 5.41) is 4.42. The Morgan fingerprint density at radius 2 is 2.16 bits per heavy atom. The van der Waals surface area contributed by atoms with Gasteiger partial charge in [0.25, 0.3) is 0 Å². The van der Waals surface area contributed by atoms with Crippen molar-refractivity contribution in [3.05, 3.63) is 23.8 Å². The van der Waals surface area contributed by atoms with E-state index in [1.165, 1.54) is 19.3 Å². The van der Waals surface area contributed by atoms with Crippen molar-refractivity contribution in [2.45, 2.75) is 35.4 Å². The molecule has 3 N–H and O–H groups in total. The molecule has 2 atom stereocenters. The van der Waals surface area contributed by atoms with Crippen molar-refractivity contribution in [3.63, 3.8) is 0 Å². The number of rotatable bonds is 5. The van der Waals surface area contributed by atoms with Crippen LogP contribution < -0.4 is 11.1 Å². The Morgan fingerprint density at radius 1 is 1.37 bits per heavy atom. The van der Waals surface area contributed by atoms with Gasteiger partial charge in [-0.1, -0.05) is 18.3 Å². The first-order valence-electron chi connectivity index (χ1n) is 6.41. The molecule has 1 aliphatic carbocycles. The molecule has 1 aromatic rings. The molecular weight excluding hydrogens is 292 g/mol. The molecule has 1 aromatic carbocycles. The maximum absolute atomic E-state index is 5.89. The molecular formula is C14H20N2S3. The van der Waals surface area contributed by atoms with Gasteiger partial charge in [-0.15, -0.1) is 11.8 Å². The lowest BCUT2D eigenvalue weighted by Crippen LogP contribution is -2.20. The second-order valence-corrected chi connectivity index (χ2v) is 7.19. The number of anilines is 1. The van der Waals surface area contributed by atoms with E-state index in [1.807, 2.05) is 11.8 Å². The number of thiocarbonyl (C=S) groups is 1. The summed E-state index contributed by atoms with van der Waals surface area (Å²) in [6.07, 6.45) is 8.00. The Balaban J connectivity index is 2.18. The Morgan fingerprint density at radius 3 is 2.74 bits per heavy atom. The van der Waals surface area contributed by atoms with Crippen LogP contribution in [0.2, 0.25) is 0 Å². The van der Waals surface area contributed by atoms with Crippen molar-refractivity contribution in [1.82, 2.24) is 0 Å². The highest BCUT2D eigenvalue weighted by Crippen LogP contribution is 2.33. The van der Waals surface area contributed by atoms with Gasteiger partial charge in [0.05, 0.1) is 0 Å². The lowest BCUT2D eigenvalue weighted by Gasteiger charge is -2.19. The highest BCUT2D eigenvalue weighted by Gasteiger charge is 2.24. The molecule has 0 amide bonds. The van der Waals surface area contributed by atoms with Crippen LogP contribution in [-0.2, 0) is 0 Å². The molecule has 0 heterocycles. The minimum Gasteiger partial charge on any atom is -0.389 e. The van der Waals surface area contributed by atoms with E-state index in [9.17, 15) is 0 Å². The van der Waals surface area contributed by atoms with Crippen LogP contribution in [0.4, 0.5) is 5.69 Å². The highest BCUT2D eigenvalue weighted by atomic mass is 32.2. The molecule has 1 saturated carbocycles. The minimum atomic E-state index is 0.479. The zero-order valence-corrected chi connectivity index (χ0v) is 13.8. The standard InChI is InChI=1S/C14H20N2S3/c1-18-10-7-6-9(8-10)16-11-4-3-5-12(19-2)13(11)14(15)17/h3-5,9-10,16H,6-8H2,1-2H3,(H2,15,17). The number of nitrogens with two attached hydrogens (primary N) is 1. The fourth-order valence-corrected chi connectivity index (χ4v) is 4.30. The SMILES string of the molecule is CSc1cccc(NC2CCC(SC)C2)c1C(N)=S. The number of hydrogen-bond acceptors (Lipinski definition) is 4. The third kappa shape index (κ3) is 3.58. The van der Waals surface area contributed by atoms with E-state index in [2.05, 4.69) is 36.0 Å². The smallest absolute Gasteiger partial charge is 0.107 e. The summed E-state index contributed by atoms with van der Waals surface area (Å²) in [6, 6.07) is 6.77. The molecule has 1 fully saturated rings. The van der Waals surface area contributed by atoms with Gasteiger partial charge < -0.3 is 11.1 Å². The van der Waals surface area contributed by atoms with Crippen molar-refractivity contribution in [2.24, 2.45) is 5.73 Å². The molecule has 1 aliphatic rings. The van der Waals surface area contributed by atoms with E-state index in [1.54, 1.807) is 11.8 Å². The zero-order chi connectivity index (χ0) is 13.8. The molecule has 104 valence electrons. The van der Waals surface area contributed by atoms with Gasteiger partial charge in [-0.2, -0.15) is 11.8 Å². The Bertz CT molecular complexity index is 462. The third-order valence-corrected chi connectivity index (χ3v) is 5.65. The molecule has 0 radical (unpaired) electrons. The third-order valence-electron chi connectivity index (χ3n) is 3.57. The highest BCUT2D eigenvalue weighted by molar-refractivity contribution is 7.99. The lowest BCUT2D eigenvalue weighted by atomic mass is 10.1. The number of nitrogens with one attached hydrogen (secondary N) is 1. The molecule has 5 heteroatoms. The quantitative estimate of drug-likeness (QED) is 0.640. The van der Waals surface area contributed by atoms with Crippen LogP contribution in [0.1, 0.15) is 24.8 Å². The van der Waals surface area contributed by atoms with Crippen LogP contribution in [0.5, 0.6) is 0 Å². The van der Waals surface area contributed by atoms with Crippen LogP contribution in [0.25, 0.3) is 0 Å². The average molecular weight is 313 g/mol. The van der Waals surface area contributed by atoms with E-state index in [-0.39, 0.29) is 0 Å². The lowest BCUT2D eigenvalue weighted by molar-refractivity contribution is 0.756. The Hall–Kier alpha value is -0.390. The zero-order valence-electron chi connectivity index (χ0n) is 11.3. The first kappa shape index (κ1) is 15.0. The van der Waals surface area contributed by atoms with Crippen molar-refractivity contribution in [3.8, 4) is 0 Å². The number of thioether (sulfide) groups is 2. The maximum Gasteiger partial charge on any atom is 0.107 e.